The topological polar surface area (TPSA) is 93.7 Å². The van der Waals surface area contributed by atoms with Crippen LogP contribution in [0.1, 0.15) is 11.7 Å². The van der Waals surface area contributed by atoms with E-state index in [9.17, 15) is 13.2 Å². The monoisotopic (exact) mass is 398 g/mol. The highest BCUT2D eigenvalue weighted by molar-refractivity contribution is 7.89. The first-order valence-corrected chi connectivity index (χ1v) is 9.45. The number of benzene rings is 2. The molecule has 1 unspecified atom stereocenters. The number of carbonyl (C=O) groups is 1. The van der Waals surface area contributed by atoms with Crippen molar-refractivity contribution >= 4 is 33.4 Å². The van der Waals surface area contributed by atoms with Gasteiger partial charge in [0.15, 0.2) is 0 Å². The van der Waals surface area contributed by atoms with Gasteiger partial charge < -0.3 is 9.47 Å². The molecule has 0 aliphatic rings. The van der Waals surface area contributed by atoms with E-state index in [1.54, 1.807) is 24.3 Å². The van der Waals surface area contributed by atoms with Crippen LogP contribution in [0.3, 0.4) is 0 Å². The molecule has 0 heterocycles. The Morgan fingerprint density at radius 2 is 1.77 bits per heavy atom. The molecule has 0 aliphatic carbocycles. The maximum Gasteiger partial charge on any atom is 0.411 e. The molecule has 9 heteroatoms. The zero-order valence-electron chi connectivity index (χ0n) is 14.2. The van der Waals surface area contributed by atoms with Crippen LogP contribution >= 0.6 is 11.6 Å². The third-order valence-electron chi connectivity index (χ3n) is 3.59. The summed E-state index contributed by atoms with van der Waals surface area (Å²) >= 11 is 6.13. The summed E-state index contributed by atoms with van der Waals surface area (Å²) in [5.74, 6) is 0. The fraction of sp³-hybridized carbons (Fsp3) is 0.235. The first-order valence-electron chi connectivity index (χ1n) is 7.59. The minimum atomic E-state index is -3.75. The first-order chi connectivity index (χ1) is 12.4. The summed E-state index contributed by atoms with van der Waals surface area (Å²) in [5, 5.41) is 2.94. The van der Waals surface area contributed by atoms with E-state index in [4.69, 9.17) is 16.3 Å². The summed E-state index contributed by atoms with van der Waals surface area (Å²) in [6.07, 6.45) is -1.17. The van der Waals surface area contributed by atoms with Gasteiger partial charge in [0.05, 0.1) is 18.1 Å². The standard InChI is InChI=1S/C17H19ClN2O5S/c1-24-16(14-5-3-4-6-15(14)18)11-19-26(22,23)13-9-7-12(8-10-13)20-17(21)25-2/h3-10,16,19H,11H2,1-2H3,(H,20,21). The molecule has 0 saturated heterocycles. The minimum absolute atomic E-state index is 0.0186. The number of rotatable bonds is 7. The fourth-order valence-corrected chi connectivity index (χ4v) is 3.50. The zero-order chi connectivity index (χ0) is 19.2. The second-order valence-corrected chi connectivity index (χ2v) is 7.41. The third kappa shape index (κ3) is 5.18. The van der Waals surface area contributed by atoms with Crippen molar-refractivity contribution in [1.29, 1.82) is 0 Å². The lowest BCUT2D eigenvalue weighted by atomic mass is 10.1. The highest BCUT2D eigenvalue weighted by Gasteiger charge is 2.19. The summed E-state index contributed by atoms with van der Waals surface area (Å²) < 4.78 is 37.2. The summed E-state index contributed by atoms with van der Waals surface area (Å²) in [4.78, 5) is 11.2. The molecule has 2 rings (SSSR count). The molecular weight excluding hydrogens is 380 g/mol. The number of hydrogen-bond acceptors (Lipinski definition) is 5. The van der Waals surface area contributed by atoms with Crippen molar-refractivity contribution in [1.82, 2.24) is 4.72 Å². The van der Waals surface area contributed by atoms with Crippen molar-refractivity contribution in [2.75, 3.05) is 26.1 Å². The van der Waals surface area contributed by atoms with E-state index in [0.717, 1.165) is 0 Å². The zero-order valence-corrected chi connectivity index (χ0v) is 15.8. The van der Waals surface area contributed by atoms with Gasteiger partial charge in [-0.05, 0) is 30.3 Å². The van der Waals surface area contributed by atoms with E-state index in [1.165, 1.54) is 38.5 Å². The Bertz CT molecular complexity index is 856. The number of methoxy groups -OCH3 is 2. The molecule has 0 fully saturated rings. The fourth-order valence-electron chi connectivity index (χ4n) is 2.21. The molecule has 140 valence electrons. The largest absolute Gasteiger partial charge is 0.453 e. The molecule has 0 radical (unpaired) electrons. The number of hydrogen-bond donors (Lipinski definition) is 2. The van der Waals surface area contributed by atoms with Crippen LogP contribution in [0.15, 0.2) is 53.4 Å². The average molecular weight is 399 g/mol. The Balaban J connectivity index is 2.08. The molecule has 1 atom stereocenters. The van der Waals surface area contributed by atoms with Gasteiger partial charge in [-0.1, -0.05) is 29.8 Å². The van der Waals surface area contributed by atoms with Crippen molar-refractivity contribution in [3.63, 3.8) is 0 Å². The Kier molecular flexibility index (Phi) is 6.98. The molecule has 2 aromatic carbocycles. The number of carbonyl (C=O) groups excluding carboxylic acids is 1. The Hall–Kier alpha value is -2.13. The van der Waals surface area contributed by atoms with Gasteiger partial charge in [0.2, 0.25) is 10.0 Å². The lowest BCUT2D eigenvalue weighted by Crippen LogP contribution is -2.29. The van der Waals surface area contributed by atoms with Crippen LogP contribution in [-0.2, 0) is 19.5 Å². The van der Waals surface area contributed by atoms with Crippen molar-refractivity contribution in [2.24, 2.45) is 0 Å². The first kappa shape index (κ1) is 20.2. The molecule has 0 aliphatic heterocycles. The van der Waals surface area contributed by atoms with Crippen LogP contribution in [0.2, 0.25) is 5.02 Å². The van der Waals surface area contributed by atoms with Crippen molar-refractivity contribution in [2.45, 2.75) is 11.0 Å². The molecule has 1 amide bonds. The van der Waals surface area contributed by atoms with Gasteiger partial charge in [-0.15, -0.1) is 0 Å². The number of halogens is 1. The van der Waals surface area contributed by atoms with Crippen LogP contribution in [0.4, 0.5) is 10.5 Å². The van der Waals surface area contributed by atoms with E-state index in [1.807, 2.05) is 0 Å². The lowest BCUT2D eigenvalue weighted by Gasteiger charge is -2.18. The molecule has 0 aromatic heterocycles. The third-order valence-corrected chi connectivity index (χ3v) is 5.38. The number of sulfonamides is 1. The van der Waals surface area contributed by atoms with Gasteiger partial charge in [-0.2, -0.15) is 0 Å². The molecular formula is C17H19ClN2O5S. The summed E-state index contributed by atoms with van der Waals surface area (Å²) in [6.45, 7) is 0.0186. The molecule has 0 bridgehead atoms. The SMILES string of the molecule is COC(=O)Nc1ccc(S(=O)(=O)NCC(OC)c2ccccc2Cl)cc1. The molecule has 26 heavy (non-hydrogen) atoms. The predicted molar refractivity (Wildman–Crippen MR) is 98.9 cm³/mol. The van der Waals surface area contributed by atoms with E-state index >= 15 is 0 Å². The van der Waals surface area contributed by atoms with Gasteiger partial charge in [0, 0.05) is 29.9 Å². The van der Waals surface area contributed by atoms with E-state index in [2.05, 4.69) is 14.8 Å². The van der Waals surface area contributed by atoms with Crippen LogP contribution in [0.25, 0.3) is 0 Å². The van der Waals surface area contributed by atoms with Crippen molar-refractivity contribution in [3.8, 4) is 0 Å². The molecule has 0 spiro atoms. The van der Waals surface area contributed by atoms with Crippen LogP contribution in [0, 0.1) is 0 Å². The van der Waals surface area contributed by atoms with Crippen LogP contribution < -0.4 is 10.0 Å². The quantitative estimate of drug-likeness (QED) is 0.747. The molecule has 2 aromatic rings. The van der Waals surface area contributed by atoms with Crippen molar-refractivity contribution in [3.05, 3.63) is 59.1 Å². The van der Waals surface area contributed by atoms with Gasteiger partial charge >= 0.3 is 6.09 Å². The second kappa shape index (κ2) is 9.00. The van der Waals surface area contributed by atoms with E-state index in [0.29, 0.717) is 16.3 Å². The summed E-state index contributed by atoms with van der Waals surface area (Å²) in [7, 11) is -1.03. The van der Waals surface area contributed by atoms with E-state index < -0.39 is 22.2 Å². The maximum atomic E-state index is 12.4. The molecule has 7 nitrogen and oxygen atoms in total. The van der Waals surface area contributed by atoms with Gasteiger partial charge in [0.1, 0.15) is 0 Å². The Morgan fingerprint density at radius 1 is 1.12 bits per heavy atom. The van der Waals surface area contributed by atoms with Crippen LogP contribution in [-0.4, -0.2) is 35.3 Å². The summed E-state index contributed by atoms with van der Waals surface area (Å²) in [5.41, 5.74) is 1.11. The highest BCUT2D eigenvalue weighted by Crippen LogP contribution is 2.25. The smallest absolute Gasteiger partial charge is 0.411 e. The molecule has 2 N–H and O–H groups in total. The minimum Gasteiger partial charge on any atom is -0.453 e. The lowest BCUT2D eigenvalue weighted by molar-refractivity contribution is 0.107. The predicted octanol–water partition coefficient (Wildman–Crippen LogP) is 3.18. The summed E-state index contributed by atoms with van der Waals surface area (Å²) in [6, 6.07) is 12.8. The van der Waals surface area contributed by atoms with Gasteiger partial charge in [-0.25, -0.2) is 17.9 Å². The number of anilines is 1. The Labute approximate surface area is 157 Å². The van der Waals surface area contributed by atoms with Gasteiger partial charge in [0.25, 0.3) is 0 Å². The van der Waals surface area contributed by atoms with E-state index in [-0.39, 0.29) is 11.4 Å². The second-order valence-electron chi connectivity index (χ2n) is 5.24. The number of nitrogens with one attached hydrogen (secondary N) is 2. The number of amides is 1. The average Bonchev–Trinajstić information content (AvgIpc) is 2.64. The highest BCUT2D eigenvalue weighted by atomic mass is 35.5. The normalized spacial score (nSPS) is 12.4. The maximum absolute atomic E-state index is 12.4. The van der Waals surface area contributed by atoms with Gasteiger partial charge in [-0.3, -0.25) is 5.32 Å². The Morgan fingerprint density at radius 3 is 2.35 bits per heavy atom. The number of ether oxygens (including phenoxy) is 2. The van der Waals surface area contributed by atoms with Crippen LogP contribution in [0.5, 0.6) is 0 Å². The van der Waals surface area contributed by atoms with Crippen molar-refractivity contribution < 1.29 is 22.7 Å². The molecule has 0 saturated carbocycles.